The van der Waals surface area contributed by atoms with E-state index < -0.39 is 0 Å². The zero-order valence-corrected chi connectivity index (χ0v) is 8.81. The Labute approximate surface area is 91.9 Å². The number of aryl methyl sites for hydroxylation is 1. The third-order valence-electron chi connectivity index (χ3n) is 2.55. The molecule has 0 bridgehead atoms. The van der Waals surface area contributed by atoms with Crippen LogP contribution in [0.25, 0.3) is 17.2 Å². The number of aromatic amines is 1. The van der Waals surface area contributed by atoms with Crippen molar-refractivity contribution in [2.75, 3.05) is 5.73 Å². The number of nitrogens with one attached hydrogen (secondary N) is 1. The minimum Gasteiger partial charge on any atom is -0.398 e. The number of hydrogen-bond acceptors (Lipinski definition) is 3. The molecule has 0 aliphatic rings. The lowest BCUT2D eigenvalue weighted by atomic mass is 10.3. The molecule has 0 radical (unpaired) electrons. The number of hydrogen-bond donors (Lipinski definition) is 2. The zero-order valence-electron chi connectivity index (χ0n) is 8.81. The number of H-pyrrole nitrogens is 1. The summed E-state index contributed by atoms with van der Waals surface area (Å²) in [5.41, 5.74) is 9.30. The van der Waals surface area contributed by atoms with Gasteiger partial charge in [-0.1, -0.05) is 0 Å². The Morgan fingerprint density at radius 1 is 1.38 bits per heavy atom. The van der Waals surface area contributed by atoms with Gasteiger partial charge in [0.05, 0.1) is 5.69 Å². The molecule has 0 fully saturated rings. The Hall–Kier alpha value is -2.30. The molecule has 0 aliphatic heterocycles. The van der Waals surface area contributed by atoms with Gasteiger partial charge in [0, 0.05) is 18.1 Å². The lowest BCUT2D eigenvalue weighted by Gasteiger charge is -2.01. The quantitative estimate of drug-likeness (QED) is 0.645. The maximum Gasteiger partial charge on any atom is 0.184 e. The van der Waals surface area contributed by atoms with Crippen LogP contribution < -0.4 is 5.73 Å². The van der Waals surface area contributed by atoms with Crippen molar-refractivity contribution in [2.24, 2.45) is 0 Å². The van der Waals surface area contributed by atoms with Crippen LogP contribution >= 0.6 is 0 Å². The van der Waals surface area contributed by atoms with E-state index in [-0.39, 0.29) is 0 Å². The maximum atomic E-state index is 5.82. The Morgan fingerprint density at radius 3 is 3.00 bits per heavy atom. The van der Waals surface area contributed by atoms with Crippen LogP contribution in [-0.4, -0.2) is 19.6 Å². The van der Waals surface area contributed by atoms with E-state index in [2.05, 4.69) is 15.2 Å². The first kappa shape index (κ1) is 8.96. The summed E-state index contributed by atoms with van der Waals surface area (Å²) in [7, 11) is 0. The monoisotopic (exact) mass is 213 g/mol. The molecule has 5 heteroatoms. The van der Waals surface area contributed by atoms with Gasteiger partial charge >= 0.3 is 0 Å². The average molecular weight is 213 g/mol. The smallest absolute Gasteiger partial charge is 0.184 e. The van der Waals surface area contributed by atoms with Gasteiger partial charge in [0.15, 0.2) is 11.5 Å². The highest BCUT2D eigenvalue weighted by Gasteiger charge is 2.10. The summed E-state index contributed by atoms with van der Waals surface area (Å²) in [6.45, 7) is 1.97. The molecule has 5 nitrogen and oxygen atoms in total. The van der Waals surface area contributed by atoms with E-state index in [1.54, 1.807) is 0 Å². The molecule has 3 rings (SSSR count). The minimum atomic E-state index is 0.706. The van der Waals surface area contributed by atoms with Gasteiger partial charge in [-0.05, 0) is 30.7 Å². The van der Waals surface area contributed by atoms with Crippen LogP contribution in [0, 0.1) is 6.92 Å². The predicted molar refractivity (Wildman–Crippen MR) is 61.9 cm³/mol. The van der Waals surface area contributed by atoms with Crippen molar-refractivity contribution in [3.05, 3.63) is 36.2 Å². The van der Waals surface area contributed by atoms with Crippen molar-refractivity contribution in [3.8, 4) is 11.5 Å². The molecule has 0 atom stereocenters. The standard InChI is InChI=1S/C11H11N5/c1-7-5-8(12)6-16-10(7)14-15-11(16)9-3-2-4-13-9/h2-6,13H,12H2,1H3. The molecule has 16 heavy (non-hydrogen) atoms. The van der Waals surface area contributed by atoms with Gasteiger partial charge in [0.2, 0.25) is 0 Å². The summed E-state index contributed by atoms with van der Waals surface area (Å²) in [5, 5.41) is 8.32. The number of nitrogens with zero attached hydrogens (tertiary/aromatic N) is 3. The van der Waals surface area contributed by atoms with Crippen LogP contribution in [0.3, 0.4) is 0 Å². The molecule has 3 heterocycles. The van der Waals surface area contributed by atoms with E-state index in [1.165, 1.54) is 0 Å². The predicted octanol–water partition coefficient (Wildman–Crippen LogP) is 1.62. The normalized spacial score (nSPS) is 11.1. The first-order valence-electron chi connectivity index (χ1n) is 5.00. The van der Waals surface area contributed by atoms with Gasteiger partial charge in [-0.25, -0.2) is 0 Å². The molecule has 0 amide bonds. The fourth-order valence-electron chi connectivity index (χ4n) is 1.84. The fourth-order valence-corrected chi connectivity index (χ4v) is 1.84. The third kappa shape index (κ3) is 1.18. The third-order valence-corrected chi connectivity index (χ3v) is 2.55. The van der Waals surface area contributed by atoms with Crippen LogP contribution in [0.4, 0.5) is 5.69 Å². The number of aromatic nitrogens is 4. The van der Waals surface area contributed by atoms with E-state index in [1.807, 2.05) is 41.9 Å². The number of pyridine rings is 1. The van der Waals surface area contributed by atoms with E-state index in [0.717, 1.165) is 22.7 Å². The maximum absolute atomic E-state index is 5.82. The molecular formula is C11H11N5. The topological polar surface area (TPSA) is 72.0 Å². The van der Waals surface area contributed by atoms with Crippen LogP contribution in [0.5, 0.6) is 0 Å². The molecule has 0 aromatic carbocycles. The second-order valence-electron chi connectivity index (χ2n) is 3.76. The number of anilines is 1. The average Bonchev–Trinajstić information content (AvgIpc) is 2.83. The van der Waals surface area contributed by atoms with Crippen molar-refractivity contribution >= 4 is 11.3 Å². The summed E-state index contributed by atoms with van der Waals surface area (Å²) in [6.07, 6.45) is 3.69. The van der Waals surface area contributed by atoms with E-state index >= 15 is 0 Å². The molecule has 0 unspecified atom stereocenters. The Morgan fingerprint density at radius 2 is 2.25 bits per heavy atom. The van der Waals surface area contributed by atoms with E-state index in [9.17, 15) is 0 Å². The highest BCUT2D eigenvalue weighted by molar-refractivity contribution is 5.61. The second-order valence-corrected chi connectivity index (χ2v) is 3.76. The molecule has 3 aromatic rings. The van der Waals surface area contributed by atoms with Crippen molar-refractivity contribution in [1.29, 1.82) is 0 Å². The fraction of sp³-hybridized carbons (Fsp3) is 0.0909. The van der Waals surface area contributed by atoms with Crippen molar-refractivity contribution < 1.29 is 0 Å². The van der Waals surface area contributed by atoms with Gasteiger partial charge < -0.3 is 10.7 Å². The van der Waals surface area contributed by atoms with Crippen molar-refractivity contribution in [2.45, 2.75) is 6.92 Å². The Balaban J connectivity index is 2.35. The van der Waals surface area contributed by atoms with Gasteiger partial charge in [-0.2, -0.15) is 0 Å². The van der Waals surface area contributed by atoms with Crippen molar-refractivity contribution in [3.63, 3.8) is 0 Å². The zero-order chi connectivity index (χ0) is 11.1. The molecule has 80 valence electrons. The molecule has 0 saturated carbocycles. The van der Waals surface area contributed by atoms with Gasteiger partial charge in [-0.3, -0.25) is 4.40 Å². The molecular weight excluding hydrogens is 202 g/mol. The van der Waals surface area contributed by atoms with Crippen LogP contribution in [0.2, 0.25) is 0 Å². The Kier molecular flexibility index (Phi) is 1.73. The Bertz CT molecular complexity index is 636. The van der Waals surface area contributed by atoms with Gasteiger partial charge in [0.25, 0.3) is 0 Å². The second kappa shape index (κ2) is 3.10. The number of rotatable bonds is 1. The van der Waals surface area contributed by atoms with Crippen molar-refractivity contribution in [1.82, 2.24) is 19.6 Å². The lowest BCUT2D eigenvalue weighted by molar-refractivity contribution is 1.10. The summed E-state index contributed by atoms with van der Waals surface area (Å²) in [6, 6.07) is 5.77. The largest absolute Gasteiger partial charge is 0.398 e. The SMILES string of the molecule is Cc1cc(N)cn2c(-c3ccc[nH]3)nnc12. The van der Waals surface area contributed by atoms with E-state index in [4.69, 9.17) is 5.73 Å². The molecule has 3 N–H and O–H groups in total. The molecule has 3 aromatic heterocycles. The van der Waals surface area contributed by atoms with Gasteiger partial charge in [-0.15, -0.1) is 10.2 Å². The van der Waals surface area contributed by atoms with Crippen LogP contribution in [-0.2, 0) is 0 Å². The number of nitrogens with two attached hydrogens (primary N) is 1. The minimum absolute atomic E-state index is 0.706. The lowest BCUT2D eigenvalue weighted by Crippen LogP contribution is -1.95. The number of nitrogen functional groups attached to an aromatic ring is 1. The summed E-state index contributed by atoms with van der Waals surface area (Å²) < 4.78 is 1.90. The van der Waals surface area contributed by atoms with Crippen LogP contribution in [0.1, 0.15) is 5.56 Å². The summed E-state index contributed by atoms with van der Waals surface area (Å²) in [5.74, 6) is 0.774. The molecule has 0 saturated heterocycles. The first-order valence-corrected chi connectivity index (χ1v) is 5.00. The molecule has 0 spiro atoms. The highest BCUT2D eigenvalue weighted by Crippen LogP contribution is 2.19. The highest BCUT2D eigenvalue weighted by atomic mass is 15.3. The first-order chi connectivity index (χ1) is 7.75. The van der Waals surface area contributed by atoms with Crippen LogP contribution in [0.15, 0.2) is 30.6 Å². The van der Waals surface area contributed by atoms with Gasteiger partial charge in [0.1, 0.15) is 0 Å². The number of fused-ring (bicyclic) bond motifs is 1. The van der Waals surface area contributed by atoms with E-state index in [0.29, 0.717) is 5.69 Å². The summed E-state index contributed by atoms with van der Waals surface area (Å²) in [4.78, 5) is 3.11. The summed E-state index contributed by atoms with van der Waals surface area (Å²) >= 11 is 0. The molecule has 0 aliphatic carbocycles.